The van der Waals surface area contributed by atoms with Gasteiger partial charge in [0.25, 0.3) is 11.9 Å². The van der Waals surface area contributed by atoms with Gasteiger partial charge in [-0.25, -0.2) is 19.9 Å². The molecule has 4 aromatic rings. The smallest absolute Gasteiger partial charge is 0.342 e. The third kappa shape index (κ3) is 4.95. The number of carbonyl (C=O) groups excluding carboxylic acids is 1. The van der Waals surface area contributed by atoms with E-state index in [2.05, 4.69) is 35.3 Å². The van der Waals surface area contributed by atoms with Crippen LogP contribution in [0, 0.1) is 0 Å². The third-order valence-corrected chi connectivity index (χ3v) is 4.61. The van der Waals surface area contributed by atoms with E-state index in [9.17, 15) is 18.0 Å². The first kappa shape index (κ1) is 22.3. The first-order chi connectivity index (χ1) is 15.7. The Morgan fingerprint density at radius 3 is 2.52 bits per heavy atom. The van der Waals surface area contributed by atoms with Crippen molar-refractivity contribution >= 4 is 17.5 Å². The summed E-state index contributed by atoms with van der Waals surface area (Å²) in [5.74, 6) is -0.166. The monoisotopic (exact) mass is 474 g/mol. The van der Waals surface area contributed by atoms with Crippen LogP contribution < -0.4 is 5.32 Å². The molecular formula is C20H14ClF3N8O. The summed E-state index contributed by atoms with van der Waals surface area (Å²) in [7, 11) is 0. The molecule has 1 unspecified atom stereocenters. The van der Waals surface area contributed by atoms with Crippen LogP contribution in [-0.4, -0.2) is 40.6 Å². The molecule has 1 atom stereocenters. The molecular weight excluding hydrogens is 461 g/mol. The number of alkyl halides is 3. The Hall–Kier alpha value is -3.93. The van der Waals surface area contributed by atoms with Crippen LogP contribution in [0.25, 0.3) is 17.5 Å². The van der Waals surface area contributed by atoms with Crippen LogP contribution in [0.15, 0.2) is 55.2 Å². The van der Waals surface area contributed by atoms with Gasteiger partial charge in [0, 0.05) is 35.4 Å². The van der Waals surface area contributed by atoms with Crippen LogP contribution in [0.5, 0.6) is 0 Å². The topological polar surface area (TPSA) is 111 Å². The number of nitrogens with one attached hydrogen (secondary N) is 1. The second-order valence-corrected chi connectivity index (χ2v) is 7.20. The average Bonchev–Trinajstić information content (AvgIpc) is 3.25. The van der Waals surface area contributed by atoms with Crippen molar-refractivity contribution in [2.24, 2.45) is 0 Å². The molecule has 0 saturated heterocycles. The van der Waals surface area contributed by atoms with E-state index in [-0.39, 0.29) is 28.2 Å². The lowest BCUT2D eigenvalue weighted by Gasteiger charge is -2.15. The average molecular weight is 475 g/mol. The fraction of sp³-hybridized carbons (Fsp3) is 0.150. The SMILES string of the molecule is CC(NC(=O)c1cc(Cl)cc(C(F)(F)F)c1)c1nc(-c2cnccn2)nn1-c1ncccn1. The van der Waals surface area contributed by atoms with Crippen LogP contribution in [-0.2, 0) is 6.18 Å². The molecule has 9 nitrogen and oxygen atoms in total. The highest BCUT2D eigenvalue weighted by atomic mass is 35.5. The maximum absolute atomic E-state index is 13.1. The van der Waals surface area contributed by atoms with E-state index in [1.54, 1.807) is 13.0 Å². The molecule has 0 spiro atoms. The van der Waals surface area contributed by atoms with E-state index in [0.717, 1.165) is 18.2 Å². The van der Waals surface area contributed by atoms with E-state index in [1.165, 1.54) is 35.7 Å². The highest BCUT2D eigenvalue weighted by molar-refractivity contribution is 6.31. The molecule has 0 aliphatic rings. The van der Waals surface area contributed by atoms with Crippen molar-refractivity contribution in [1.29, 1.82) is 0 Å². The molecule has 168 valence electrons. The summed E-state index contributed by atoms with van der Waals surface area (Å²) in [6.45, 7) is 1.59. The Morgan fingerprint density at radius 2 is 1.85 bits per heavy atom. The van der Waals surface area contributed by atoms with Gasteiger partial charge in [-0.2, -0.15) is 17.9 Å². The van der Waals surface area contributed by atoms with Crippen molar-refractivity contribution in [2.45, 2.75) is 19.1 Å². The van der Waals surface area contributed by atoms with Crippen LogP contribution in [0.4, 0.5) is 13.2 Å². The van der Waals surface area contributed by atoms with Gasteiger partial charge in [-0.15, -0.1) is 5.10 Å². The zero-order chi connectivity index (χ0) is 23.6. The molecule has 33 heavy (non-hydrogen) atoms. The molecule has 13 heteroatoms. The van der Waals surface area contributed by atoms with Crippen LogP contribution >= 0.6 is 11.6 Å². The third-order valence-electron chi connectivity index (χ3n) is 4.39. The Labute approximate surface area is 189 Å². The summed E-state index contributed by atoms with van der Waals surface area (Å²) in [4.78, 5) is 33.6. The molecule has 0 radical (unpaired) electrons. The van der Waals surface area contributed by atoms with Crippen molar-refractivity contribution in [3.63, 3.8) is 0 Å². The highest BCUT2D eigenvalue weighted by Crippen LogP contribution is 2.32. The lowest BCUT2D eigenvalue weighted by Crippen LogP contribution is -2.29. The number of benzene rings is 1. The predicted molar refractivity (Wildman–Crippen MR) is 110 cm³/mol. The summed E-state index contributed by atoms with van der Waals surface area (Å²) in [6.07, 6.45) is 2.78. The minimum atomic E-state index is -4.65. The second-order valence-electron chi connectivity index (χ2n) is 6.77. The minimum absolute atomic E-state index is 0.179. The van der Waals surface area contributed by atoms with Gasteiger partial charge in [-0.3, -0.25) is 9.78 Å². The van der Waals surface area contributed by atoms with Crippen molar-refractivity contribution in [1.82, 2.24) is 40.0 Å². The summed E-state index contributed by atoms with van der Waals surface area (Å²) in [5.41, 5.74) is -0.909. The normalized spacial score (nSPS) is 12.4. The molecule has 0 aliphatic carbocycles. The highest BCUT2D eigenvalue weighted by Gasteiger charge is 2.32. The largest absolute Gasteiger partial charge is 0.416 e. The molecule has 0 saturated carbocycles. The van der Waals surface area contributed by atoms with Gasteiger partial charge in [-0.05, 0) is 31.2 Å². The van der Waals surface area contributed by atoms with Crippen LogP contribution in [0.2, 0.25) is 5.02 Å². The molecule has 3 heterocycles. The van der Waals surface area contributed by atoms with E-state index >= 15 is 0 Å². The van der Waals surface area contributed by atoms with Gasteiger partial charge in [-0.1, -0.05) is 11.6 Å². The van der Waals surface area contributed by atoms with E-state index in [0.29, 0.717) is 5.69 Å². The van der Waals surface area contributed by atoms with Gasteiger partial charge in [0.05, 0.1) is 17.8 Å². The van der Waals surface area contributed by atoms with E-state index in [1.807, 2.05) is 0 Å². The fourth-order valence-corrected chi connectivity index (χ4v) is 3.14. The fourth-order valence-electron chi connectivity index (χ4n) is 2.90. The zero-order valence-electron chi connectivity index (χ0n) is 16.8. The van der Waals surface area contributed by atoms with E-state index in [4.69, 9.17) is 11.6 Å². The van der Waals surface area contributed by atoms with Crippen LogP contribution in [0.3, 0.4) is 0 Å². The summed E-state index contributed by atoms with van der Waals surface area (Å²) in [6, 6.07) is 3.44. The van der Waals surface area contributed by atoms with Gasteiger partial charge in [0.15, 0.2) is 5.82 Å². The maximum Gasteiger partial charge on any atom is 0.416 e. The Bertz CT molecular complexity index is 1280. The van der Waals surface area contributed by atoms with Crippen LogP contribution in [0.1, 0.15) is 34.7 Å². The molecule has 0 fully saturated rings. The second kappa shape index (κ2) is 8.90. The minimum Gasteiger partial charge on any atom is -0.342 e. The van der Waals surface area contributed by atoms with Gasteiger partial charge in [0.1, 0.15) is 5.69 Å². The van der Waals surface area contributed by atoms with E-state index < -0.39 is 23.7 Å². The molecule has 0 aliphatic heterocycles. The predicted octanol–water partition coefficient (Wildman–Crippen LogP) is 3.68. The van der Waals surface area contributed by atoms with Crippen molar-refractivity contribution in [3.05, 3.63) is 77.2 Å². The Morgan fingerprint density at radius 1 is 1.09 bits per heavy atom. The quantitative estimate of drug-likeness (QED) is 0.469. The Kier molecular flexibility index (Phi) is 6.01. The number of amides is 1. The number of carbonyl (C=O) groups is 1. The zero-order valence-corrected chi connectivity index (χ0v) is 17.6. The van der Waals surface area contributed by atoms with Gasteiger partial charge >= 0.3 is 6.18 Å². The number of aromatic nitrogens is 7. The molecule has 0 bridgehead atoms. The van der Waals surface area contributed by atoms with Gasteiger partial charge < -0.3 is 5.32 Å². The summed E-state index contributed by atoms with van der Waals surface area (Å²) in [5, 5.41) is 6.77. The molecule has 4 rings (SSSR count). The Balaban J connectivity index is 1.68. The molecule has 1 amide bonds. The summed E-state index contributed by atoms with van der Waals surface area (Å²) >= 11 is 5.79. The number of hydrogen-bond acceptors (Lipinski definition) is 7. The lowest BCUT2D eigenvalue weighted by molar-refractivity contribution is -0.137. The number of halogens is 4. The van der Waals surface area contributed by atoms with Crippen molar-refractivity contribution < 1.29 is 18.0 Å². The first-order valence-corrected chi connectivity index (χ1v) is 9.79. The van der Waals surface area contributed by atoms with Crippen molar-refractivity contribution in [2.75, 3.05) is 0 Å². The number of hydrogen-bond donors (Lipinski definition) is 1. The van der Waals surface area contributed by atoms with Crippen molar-refractivity contribution in [3.8, 4) is 17.5 Å². The number of rotatable bonds is 5. The standard InChI is InChI=1S/C20H14ClF3N8O/c1-11(29-18(33)12-7-13(20(22,23)24)9-14(21)8-12)17-30-16(15-10-25-5-6-26-15)31-32(17)19-27-3-2-4-28-19/h2-11H,1H3,(H,29,33). The number of nitrogens with zero attached hydrogens (tertiary/aromatic N) is 7. The first-order valence-electron chi connectivity index (χ1n) is 9.42. The van der Waals surface area contributed by atoms with Gasteiger partial charge in [0.2, 0.25) is 5.82 Å². The molecule has 1 N–H and O–H groups in total. The molecule has 3 aromatic heterocycles. The maximum atomic E-state index is 13.1. The lowest BCUT2D eigenvalue weighted by atomic mass is 10.1. The summed E-state index contributed by atoms with van der Waals surface area (Å²) < 4.78 is 40.6. The molecule has 1 aromatic carbocycles.